The number of carbonyl (C=O) groups excluding carboxylic acids is 1. The van der Waals surface area contributed by atoms with Gasteiger partial charge in [0.05, 0.1) is 25.4 Å². The highest BCUT2D eigenvalue weighted by Crippen LogP contribution is 2.35. The quantitative estimate of drug-likeness (QED) is 0.583. The van der Waals surface area contributed by atoms with E-state index in [9.17, 15) is 4.79 Å². The summed E-state index contributed by atoms with van der Waals surface area (Å²) in [4.78, 5) is 22.7. The zero-order valence-electron chi connectivity index (χ0n) is 17.8. The van der Waals surface area contributed by atoms with Crippen molar-refractivity contribution in [2.45, 2.75) is 35.7 Å². The van der Waals surface area contributed by atoms with E-state index in [2.05, 4.69) is 32.2 Å². The van der Waals surface area contributed by atoms with Crippen molar-refractivity contribution in [3.05, 3.63) is 72.3 Å². The van der Waals surface area contributed by atoms with Crippen molar-refractivity contribution in [2.75, 3.05) is 20.7 Å². The summed E-state index contributed by atoms with van der Waals surface area (Å²) < 4.78 is 5.26. The normalized spacial score (nSPS) is 18.8. The summed E-state index contributed by atoms with van der Waals surface area (Å²) in [6, 6.07) is 13.9. The van der Waals surface area contributed by atoms with E-state index in [1.165, 1.54) is 10.5 Å². The van der Waals surface area contributed by atoms with E-state index in [1.807, 2.05) is 49.1 Å². The van der Waals surface area contributed by atoms with Crippen LogP contribution in [-0.4, -0.2) is 62.9 Å². The molecule has 0 bridgehead atoms. The van der Waals surface area contributed by atoms with E-state index in [-0.39, 0.29) is 11.9 Å². The smallest absolute Gasteiger partial charge is 0.240 e. The fraction of sp³-hybridized carbons (Fsp3) is 0.348. The molecule has 1 aliphatic heterocycles. The number of thioether (sulfide) groups is 1. The number of methoxy groups -OCH3 is 1. The van der Waals surface area contributed by atoms with Crippen molar-refractivity contribution >= 4 is 17.7 Å². The molecule has 31 heavy (non-hydrogen) atoms. The van der Waals surface area contributed by atoms with Gasteiger partial charge in [-0.15, -0.1) is 11.8 Å². The highest BCUT2D eigenvalue weighted by molar-refractivity contribution is 8.00. The first-order valence-corrected chi connectivity index (χ1v) is 11.2. The zero-order chi connectivity index (χ0) is 21.6. The zero-order valence-corrected chi connectivity index (χ0v) is 18.6. The number of likely N-dealkylation sites (N-methyl/N-ethyl adjacent to an activating group) is 1. The van der Waals surface area contributed by atoms with E-state index in [0.29, 0.717) is 11.8 Å². The first kappa shape index (κ1) is 21.4. The Kier molecular flexibility index (Phi) is 6.89. The van der Waals surface area contributed by atoms with Gasteiger partial charge in [0, 0.05) is 48.9 Å². The minimum absolute atomic E-state index is 0.140. The maximum atomic E-state index is 13.4. The van der Waals surface area contributed by atoms with Crippen molar-refractivity contribution in [1.82, 2.24) is 25.0 Å². The summed E-state index contributed by atoms with van der Waals surface area (Å²) >= 11 is 1.83. The van der Waals surface area contributed by atoms with Gasteiger partial charge in [0.2, 0.25) is 5.91 Å². The standard InChI is InChI=1S/C23H27N5O2S/c1-27(15-18-9-12-25-26-18)23(29)22-13-21(31-20-5-3-19(30-2)4-6-20)16-28(22)14-17-7-10-24-11-8-17/h3-12,21-22H,13-16H2,1-2H3,(H,25,26)/t21-,22+/m1/s1. The highest BCUT2D eigenvalue weighted by atomic mass is 32.2. The fourth-order valence-electron chi connectivity index (χ4n) is 3.91. The lowest BCUT2D eigenvalue weighted by Gasteiger charge is -2.27. The number of hydrogen-bond donors (Lipinski definition) is 1. The topological polar surface area (TPSA) is 74.3 Å². The van der Waals surface area contributed by atoms with Crippen LogP contribution in [0.5, 0.6) is 5.75 Å². The number of benzene rings is 1. The average Bonchev–Trinajstić information content (AvgIpc) is 3.44. The van der Waals surface area contributed by atoms with E-state index in [4.69, 9.17) is 4.74 Å². The van der Waals surface area contributed by atoms with E-state index < -0.39 is 0 Å². The Morgan fingerprint density at radius 1 is 1.19 bits per heavy atom. The predicted octanol–water partition coefficient (Wildman–Crippen LogP) is 3.21. The molecule has 0 saturated carbocycles. The van der Waals surface area contributed by atoms with Gasteiger partial charge in [-0.05, 0) is 54.4 Å². The molecule has 3 aromatic rings. The fourth-order valence-corrected chi connectivity index (χ4v) is 5.13. The number of nitrogens with zero attached hydrogens (tertiary/aromatic N) is 4. The molecule has 0 spiro atoms. The van der Waals surface area contributed by atoms with Crippen LogP contribution in [0.2, 0.25) is 0 Å². The first-order valence-electron chi connectivity index (χ1n) is 10.3. The van der Waals surface area contributed by atoms with Crippen molar-refractivity contribution < 1.29 is 9.53 Å². The number of H-pyrrole nitrogens is 1. The number of carbonyl (C=O) groups is 1. The summed E-state index contributed by atoms with van der Waals surface area (Å²) in [5.74, 6) is 0.991. The lowest BCUT2D eigenvalue weighted by atomic mass is 10.1. The number of hydrogen-bond acceptors (Lipinski definition) is 6. The molecule has 1 saturated heterocycles. The molecule has 8 heteroatoms. The molecule has 1 fully saturated rings. The molecule has 2 aromatic heterocycles. The lowest BCUT2D eigenvalue weighted by molar-refractivity contribution is -0.135. The number of aromatic amines is 1. The Labute approximate surface area is 186 Å². The van der Waals surface area contributed by atoms with Crippen LogP contribution < -0.4 is 4.74 Å². The van der Waals surface area contributed by atoms with E-state index in [1.54, 1.807) is 30.6 Å². The largest absolute Gasteiger partial charge is 0.497 e. The number of aromatic nitrogens is 3. The van der Waals surface area contributed by atoms with Crippen LogP contribution in [0.3, 0.4) is 0 Å². The summed E-state index contributed by atoms with van der Waals surface area (Å²) in [5.41, 5.74) is 2.10. The van der Waals surface area contributed by atoms with Gasteiger partial charge in [-0.3, -0.25) is 19.8 Å². The lowest BCUT2D eigenvalue weighted by Crippen LogP contribution is -2.43. The van der Waals surface area contributed by atoms with Gasteiger partial charge in [-0.1, -0.05) is 0 Å². The molecular weight excluding hydrogens is 410 g/mol. The molecule has 0 aliphatic carbocycles. The van der Waals surface area contributed by atoms with Crippen LogP contribution in [0, 0.1) is 0 Å². The second kappa shape index (κ2) is 9.98. The number of likely N-dealkylation sites (tertiary alicyclic amines) is 1. The van der Waals surface area contributed by atoms with Gasteiger partial charge in [0.1, 0.15) is 5.75 Å². The minimum Gasteiger partial charge on any atom is -0.497 e. The SMILES string of the molecule is COc1ccc(S[C@@H]2C[C@@H](C(=O)N(C)Cc3ccn[nH]3)N(Cc3ccncc3)C2)cc1. The molecule has 2 atom stereocenters. The molecule has 162 valence electrons. The van der Waals surface area contributed by atoms with E-state index >= 15 is 0 Å². The second-order valence-corrected chi connectivity index (χ2v) is 9.10. The summed E-state index contributed by atoms with van der Waals surface area (Å²) in [5, 5.41) is 7.26. The van der Waals surface area contributed by atoms with Gasteiger partial charge >= 0.3 is 0 Å². The van der Waals surface area contributed by atoms with Crippen LogP contribution in [0.4, 0.5) is 0 Å². The number of amides is 1. The maximum Gasteiger partial charge on any atom is 0.240 e. The van der Waals surface area contributed by atoms with Gasteiger partial charge < -0.3 is 9.64 Å². The van der Waals surface area contributed by atoms with Crippen LogP contribution in [0.1, 0.15) is 17.7 Å². The molecule has 1 aromatic carbocycles. The monoisotopic (exact) mass is 437 g/mol. The van der Waals surface area contributed by atoms with E-state index in [0.717, 1.165) is 31.0 Å². The minimum atomic E-state index is -0.156. The number of pyridine rings is 1. The summed E-state index contributed by atoms with van der Waals surface area (Å²) in [6.07, 6.45) is 6.13. The third-order valence-corrected chi connectivity index (χ3v) is 6.71. The van der Waals surface area contributed by atoms with Crippen LogP contribution in [-0.2, 0) is 17.9 Å². The summed E-state index contributed by atoms with van der Waals surface area (Å²) in [7, 11) is 3.53. The molecule has 4 rings (SSSR count). The number of nitrogens with one attached hydrogen (secondary N) is 1. The Hall–Kier alpha value is -2.84. The number of ether oxygens (including phenoxy) is 1. The average molecular weight is 438 g/mol. The maximum absolute atomic E-state index is 13.4. The van der Waals surface area contributed by atoms with Crippen molar-refractivity contribution in [3.8, 4) is 5.75 Å². The Morgan fingerprint density at radius 2 is 1.97 bits per heavy atom. The molecule has 7 nitrogen and oxygen atoms in total. The highest BCUT2D eigenvalue weighted by Gasteiger charge is 2.38. The van der Waals surface area contributed by atoms with Gasteiger partial charge in [-0.2, -0.15) is 5.10 Å². The molecule has 0 radical (unpaired) electrons. The third kappa shape index (κ3) is 5.45. The van der Waals surface area contributed by atoms with Crippen molar-refractivity contribution in [1.29, 1.82) is 0 Å². The molecular formula is C23H27N5O2S. The summed E-state index contributed by atoms with van der Waals surface area (Å²) in [6.45, 7) is 2.11. The van der Waals surface area contributed by atoms with Gasteiger partial charge in [-0.25, -0.2) is 0 Å². The van der Waals surface area contributed by atoms with Crippen molar-refractivity contribution in [3.63, 3.8) is 0 Å². The first-order chi connectivity index (χ1) is 15.1. The third-order valence-electron chi connectivity index (χ3n) is 5.49. The number of rotatable bonds is 8. The van der Waals surface area contributed by atoms with Crippen LogP contribution in [0.15, 0.2) is 66.0 Å². The molecule has 3 heterocycles. The second-order valence-electron chi connectivity index (χ2n) is 7.73. The Morgan fingerprint density at radius 3 is 2.65 bits per heavy atom. The molecule has 1 aliphatic rings. The van der Waals surface area contributed by atoms with Gasteiger partial charge in [0.15, 0.2) is 0 Å². The molecule has 0 unspecified atom stereocenters. The Bertz CT molecular complexity index is 965. The van der Waals surface area contributed by atoms with Crippen LogP contribution >= 0.6 is 11.8 Å². The van der Waals surface area contributed by atoms with Crippen LogP contribution in [0.25, 0.3) is 0 Å². The van der Waals surface area contributed by atoms with Gasteiger partial charge in [0.25, 0.3) is 0 Å². The predicted molar refractivity (Wildman–Crippen MR) is 121 cm³/mol. The van der Waals surface area contributed by atoms with Crippen molar-refractivity contribution in [2.24, 2.45) is 0 Å². The molecule has 1 amide bonds. The molecule has 1 N–H and O–H groups in total. The Balaban J connectivity index is 1.47.